The number of rotatable bonds is 3. The summed E-state index contributed by atoms with van der Waals surface area (Å²) in [7, 11) is 2.06. The van der Waals surface area contributed by atoms with Gasteiger partial charge in [0.25, 0.3) is 0 Å². The van der Waals surface area contributed by atoms with Crippen molar-refractivity contribution in [1.82, 2.24) is 20.7 Å². The van der Waals surface area contributed by atoms with E-state index in [9.17, 15) is 9.59 Å². The van der Waals surface area contributed by atoms with E-state index in [0.29, 0.717) is 31.3 Å². The first-order valence-corrected chi connectivity index (χ1v) is 9.29. The molecule has 0 spiro atoms. The van der Waals surface area contributed by atoms with Crippen molar-refractivity contribution in [2.75, 3.05) is 57.9 Å². The molecular weight excluding hydrogens is 350 g/mol. The second-order valence-corrected chi connectivity index (χ2v) is 7.11. The molecule has 146 valence electrons. The summed E-state index contributed by atoms with van der Waals surface area (Å²) in [5.41, 5.74) is 3.62. The minimum Gasteiger partial charge on any atom is -0.486 e. The highest BCUT2D eigenvalue weighted by molar-refractivity contribution is 5.97. The van der Waals surface area contributed by atoms with Crippen molar-refractivity contribution in [3.63, 3.8) is 0 Å². The molecule has 0 unspecified atom stereocenters. The van der Waals surface area contributed by atoms with Crippen molar-refractivity contribution in [1.29, 1.82) is 0 Å². The van der Waals surface area contributed by atoms with Gasteiger partial charge < -0.3 is 24.6 Å². The molecule has 0 aromatic heterocycles. The number of carbonyl (C=O) groups excluding carboxylic acids is 2. The molecule has 1 aromatic carbocycles. The molecule has 0 radical (unpaired) electrons. The summed E-state index contributed by atoms with van der Waals surface area (Å²) in [6, 6.07) is 4.99. The highest BCUT2D eigenvalue weighted by atomic mass is 16.6. The van der Waals surface area contributed by atoms with Crippen LogP contribution >= 0.6 is 0 Å². The quantitative estimate of drug-likeness (QED) is 0.775. The Morgan fingerprint density at radius 2 is 1.85 bits per heavy atom. The number of carbonyl (C=O) groups is 2. The highest BCUT2D eigenvalue weighted by Crippen LogP contribution is 2.35. The Morgan fingerprint density at radius 1 is 1.11 bits per heavy atom. The maximum Gasteiger partial charge on any atom is 0.329 e. The van der Waals surface area contributed by atoms with E-state index >= 15 is 0 Å². The van der Waals surface area contributed by atoms with Gasteiger partial charge in [-0.1, -0.05) is 0 Å². The SMILES string of the molecule is CN1CCN(NC(=O)N[C@H]2CC(=O)N(c3ccc4c(c3)OCCO4)C2)CC1. The minimum atomic E-state index is -0.263. The first-order chi connectivity index (χ1) is 13.1. The van der Waals surface area contributed by atoms with Crippen molar-refractivity contribution in [2.45, 2.75) is 12.5 Å². The fraction of sp³-hybridized carbons (Fsp3) is 0.556. The number of amides is 3. The number of hydrogen-bond donors (Lipinski definition) is 2. The third-order valence-electron chi connectivity index (χ3n) is 5.06. The monoisotopic (exact) mass is 375 g/mol. The fourth-order valence-electron chi connectivity index (χ4n) is 3.53. The molecule has 27 heavy (non-hydrogen) atoms. The van der Waals surface area contributed by atoms with Gasteiger partial charge in [-0.2, -0.15) is 0 Å². The Morgan fingerprint density at radius 3 is 2.63 bits per heavy atom. The van der Waals surface area contributed by atoms with Crippen LogP contribution in [-0.2, 0) is 4.79 Å². The zero-order chi connectivity index (χ0) is 18.8. The lowest BCUT2D eigenvalue weighted by molar-refractivity contribution is -0.117. The smallest absolute Gasteiger partial charge is 0.329 e. The van der Waals surface area contributed by atoms with Crippen LogP contribution in [0.3, 0.4) is 0 Å². The third kappa shape index (κ3) is 4.09. The van der Waals surface area contributed by atoms with Crippen molar-refractivity contribution in [3.05, 3.63) is 18.2 Å². The lowest BCUT2D eigenvalue weighted by atomic mass is 10.2. The molecule has 3 amide bonds. The molecule has 0 aliphatic carbocycles. The van der Waals surface area contributed by atoms with Gasteiger partial charge in [0.1, 0.15) is 13.2 Å². The number of urea groups is 1. The molecule has 4 rings (SSSR count). The zero-order valence-corrected chi connectivity index (χ0v) is 15.4. The molecule has 3 aliphatic rings. The molecule has 2 saturated heterocycles. The number of anilines is 1. The number of hydrazine groups is 1. The molecule has 0 bridgehead atoms. The number of benzene rings is 1. The standard InChI is InChI=1S/C18H25N5O4/c1-21-4-6-22(7-5-21)20-18(25)19-13-10-17(24)23(12-13)14-2-3-15-16(11-14)27-9-8-26-15/h2-3,11,13H,4-10,12H2,1H3,(H2,19,20,25)/t13-/m0/s1. The van der Waals surface area contributed by atoms with Crippen LogP contribution in [0.25, 0.3) is 0 Å². The largest absolute Gasteiger partial charge is 0.486 e. The zero-order valence-electron chi connectivity index (χ0n) is 15.4. The van der Waals surface area contributed by atoms with Gasteiger partial charge in [-0.05, 0) is 19.2 Å². The predicted molar refractivity (Wildman–Crippen MR) is 98.9 cm³/mol. The van der Waals surface area contributed by atoms with E-state index in [2.05, 4.69) is 22.7 Å². The lowest BCUT2D eigenvalue weighted by Gasteiger charge is -2.32. The molecule has 1 aromatic rings. The number of hydrogen-bond acceptors (Lipinski definition) is 6. The summed E-state index contributed by atoms with van der Waals surface area (Å²) in [6.07, 6.45) is 0.282. The Bertz CT molecular complexity index is 720. The average molecular weight is 375 g/mol. The summed E-state index contributed by atoms with van der Waals surface area (Å²) in [4.78, 5) is 28.6. The van der Waals surface area contributed by atoms with Crippen molar-refractivity contribution in [2.24, 2.45) is 0 Å². The van der Waals surface area contributed by atoms with Crippen LogP contribution in [0.2, 0.25) is 0 Å². The van der Waals surface area contributed by atoms with Crippen LogP contribution in [-0.4, -0.2) is 80.9 Å². The molecule has 2 fully saturated rings. The number of nitrogens with one attached hydrogen (secondary N) is 2. The maximum atomic E-state index is 12.4. The molecule has 2 N–H and O–H groups in total. The van der Waals surface area contributed by atoms with E-state index in [0.717, 1.165) is 31.9 Å². The second kappa shape index (κ2) is 7.61. The number of piperazine rings is 1. The second-order valence-electron chi connectivity index (χ2n) is 7.11. The number of likely N-dealkylation sites (N-methyl/N-ethyl adjacent to an activating group) is 1. The Kier molecular flexibility index (Phi) is 5.04. The number of nitrogens with zero attached hydrogens (tertiary/aromatic N) is 3. The van der Waals surface area contributed by atoms with Crippen LogP contribution in [0.4, 0.5) is 10.5 Å². The van der Waals surface area contributed by atoms with E-state index in [-0.39, 0.29) is 24.4 Å². The summed E-state index contributed by atoms with van der Waals surface area (Å²) >= 11 is 0. The van der Waals surface area contributed by atoms with Crippen LogP contribution < -0.4 is 25.1 Å². The average Bonchev–Trinajstić information content (AvgIpc) is 3.03. The molecule has 1 atom stereocenters. The molecule has 0 saturated carbocycles. The van der Waals surface area contributed by atoms with Gasteiger partial charge in [0.15, 0.2) is 11.5 Å². The van der Waals surface area contributed by atoms with Gasteiger partial charge in [0.05, 0.1) is 6.04 Å². The van der Waals surface area contributed by atoms with Crippen LogP contribution in [0.5, 0.6) is 11.5 Å². The first-order valence-electron chi connectivity index (χ1n) is 9.29. The minimum absolute atomic E-state index is 0.0171. The summed E-state index contributed by atoms with van der Waals surface area (Å²) in [6.45, 7) is 4.88. The van der Waals surface area contributed by atoms with Gasteiger partial charge in [-0.25, -0.2) is 9.80 Å². The number of ether oxygens (including phenoxy) is 2. The number of fused-ring (bicyclic) bond motifs is 1. The van der Waals surface area contributed by atoms with Crippen LogP contribution in [0.15, 0.2) is 18.2 Å². The summed E-state index contributed by atoms with van der Waals surface area (Å²) in [5.74, 6) is 1.32. The van der Waals surface area contributed by atoms with Gasteiger partial charge >= 0.3 is 6.03 Å². The molecule has 3 aliphatic heterocycles. The highest BCUT2D eigenvalue weighted by Gasteiger charge is 2.32. The molecule has 9 nitrogen and oxygen atoms in total. The summed E-state index contributed by atoms with van der Waals surface area (Å²) < 4.78 is 11.1. The Hall–Kier alpha value is -2.52. The topological polar surface area (TPSA) is 86.4 Å². The normalized spacial score (nSPS) is 23.4. The van der Waals surface area contributed by atoms with Crippen molar-refractivity contribution in [3.8, 4) is 11.5 Å². The Balaban J connectivity index is 1.33. The van der Waals surface area contributed by atoms with Gasteiger partial charge in [-0.3, -0.25) is 10.2 Å². The first kappa shape index (κ1) is 17.9. The predicted octanol–water partition coefficient (Wildman–Crippen LogP) is 0.0247. The van der Waals surface area contributed by atoms with Gasteiger partial charge in [0.2, 0.25) is 5.91 Å². The van der Waals surface area contributed by atoms with Gasteiger partial charge in [0, 0.05) is 50.9 Å². The molecular formula is C18H25N5O4. The maximum absolute atomic E-state index is 12.4. The molecule has 3 heterocycles. The third-order valence-corrected chi connectivity index (χ3v) is 5.06. The van der Waals surface area contributed by atoms with E-state index in [1.54, 1.807) is 4.90 Å². The van der Waals surface area contributed by atoms with E-state index in [1.807, 2.05) is 23.2 Å². The lowest BCUT2D eigenvalue weighted by Crippen LogP contribution is -2.56. The molecule has 9 heteroatoms. The van der Waals surface area contributed by atoms with Gasteiger partial charge in [-0.15, -0.1) is 0 Å². The van der Waals surface area contributed by atoms with Crippen molar-refractivity contribution >= 4 is 17.6 Å². The van der Waals surface area contributed by atoms with E-state index in [1.165, 1.54) is 0 Å². The van der Waals surface area contributed by atoms with Crippen LogP contribution in [0, 0.1) is 0 Å². The van der Waals surface area contributed by atoms with Crippen LogP contribution in [0.1, 0.15) is 6.42 Å². The Labute approximate surface area is 158 Å². The van der Waals surface area contributed by atoms with E-state index in [4.69, 9.17) is 9.47 Å². The summed E-state index contributed by atoms with van der Waals surface area (Å²) in [5, 5.41) is 4.81. The van der Waals surface area contributed by atoms with E-state index < -0.39 is 0 Å². The van der Waals surface area contributed by atoms with Crippen molar-refractivity contribution < 1.29 is 19.1 Å². The fourth-order valence-corrected chi connectivity index (χ4v) is 3.53.